The molecule has 3 N–H and O–H groups in total. The van der Waals surface area contributed by atoms with Crippen molar-refractivity contribution in [3.8, 4) is 11.5 Å². The molecule has 1 aliphatic carbocycles. The molecular weight excluding hydrogens is 244 g/mol. The molecule has 0 bridgehead atoms. The molecule has 100 valence electrons. The van der Waals surface area contributed by atoms with Gasteiger partial charge in [-0.15, -0.1) is 0 Å². The van der Waals surface area contributed by atoms with E-state index in [9.17, 15) is 15.3 Å². The molecule has 4 nitrogen and oxygen atoms in total. The van der Waals surface area contributed by atoms with Gasteiger partial charge in [-0.2, -0.15) is 0 Å². The van der Waals surface area contributed by atoms with Crippen molar-refractivity contribution in [1.29, 1.82) is 0 Å². The molecule has 0 aliphatic heterocycles. The number of benzene rings is 1. The zero-order valence-electron chi connectivity index (χ0n) is 10.6. The van der Waals surface area contributed by atoms with Crippen LogP contribution >= 0.6 is 0 Å². The number of rotatable bonds is 3. The topological polar surface area (TPSA) is 69.9 Å². The van der Waals surface area contributed by atoms with Gasteiger partial charge in [-0.3, -0.25) is 0 Å². The summed E-state index contributed by atoms with van der Waals surface area (Å²) in [7, 11) is 1.45. The number of ether oxygens (including phenoxy) is 1. The highest BCUT2D eigenvalue weighted by molar-refractivity contribution is 5.58. The Morgan fingerprint density at radius 3 is 2.37 bits per heavy atom. The molecule has 1 aliphatic rings. The molecule has 1 aromatic carbocycles. The molecular formula is C15H16O4. The third-order valence-electron chi connectivity index (χ3n) is 2.91. The van der Waals surface area contributed by atoms with Crippen LogP contribution in [0.5, 0.6) is 11.5 Å². The Morgan fingerprint density at radius 2 is 1.84 bits per heavy atom. The van der Waals surface area contributed by atoms with E-state index in [1.54, 1.807) is 30.4 Å². The lowest BCUT2D eigenvalue weighted by Crippen LogP contribution is -2.28. The summed E-state index contributed by atoms with van der Waals surface area (Å²) in [5.74, 6) is -1.19. The van der Waals surface area contributed by atoms with Crippen molar-refractivity contribution in [2.24, 2.45) is 0 Å². The van der Waals surface area contributed by atoms with Crippen molar-refractivity contribution in [3.63, 3.8) is 0 Å². The minimum absolute atomic E-state index is 0.0153. The molecule has 0 fully saturated rings. The summed E-state index contributed by atoms with van der Waals surface area (Å²) in [4.78, 5) is 0. The molecule has 1 atom stereocenters. The number of aliphatic hydroxyl groups is 1. The van der Waals surface area contributed by atoms with E-state index in [0.717, 1.165) is 5.57 Å². The van der Waals surface area contributed by atoms with Gasteiger partial charge in [-0.05, 0) is 29.3 Å². The molecule has 19 heavy (non-hydrogen) atoms. The lowest BCUT2D eigenvalue weighted by Gasteiger charge is -2.23. The first-order chi connectivity index (χ1) is 9.00. The van der Waals surface area contributed by atoms with Crippen molar-refractivity contribution in [2.75, 3.05) is 7.11 Å². The summed E-state index contributed by atoms with van der Waals surface area (Å²) in [5, 5.41) is 28.5. The normalized spacial score (nSPS) is 22.7. The highest BCUT2D eigenvalue weighted by Gasteiger charge is 2.23. The quantitative estimate of drug-likeness (QED) is 0.729. The second kappa shape index (κ2) is 5.30. The van der Waals surface area contributed by atoms with Crippen molar-refractivity contribution < 1.29 is 20.1 Å². The van der Waals surface area contributed by atoms with E-state index in [-0.39, 0.29) is 11.5 Å². The van der Waals surface area contributed by atoms with Crippen LogP contribution in [0.15, 0.2) is 48.1 Å². The highest BCUT2D eigenvalue weighted by atomic mass is 16.6. The smallest absolute Gasteiger partial charge is 0.188 e. The Kier molecular flexibility index (Phi) is 3.74. The SMILES string of the molecule is COC1(O)C=CC(C=Cc2cc(O)cc(O)c2)=CC1. The van der Waals surface area contributed by atoms with Gasteiger partial charge in [0.15, 0.2) is 5.79 Å². The average molecular weight is 260 g/mol. The molecule has 0 saturated carbocycles. The van der Waals surface area contributed by atoms with E-state index in [1.807, 2.05) is 12.2 Å². The molecule has 1 unspecified atom stereocenters. The molecule has 0 heterocycles. The predicted octanol–water partition coefficient (Wildman–Crippen LogP) is 2.33. The Balaban J connectivity index is 2.10. The lowest BCUT2D eigenvalue weighted by molar-refractivity contribution is -0.143. The number of aromatic hydroxyl groups is 2. The summed E-state index contributed by atoms with van der Waals surface area (Å²) < 4.78 is 4.96. The van der Waals surface area contributed by atoms with Gasteiger partial charge < -0.3 is 20.1 Å². The number of hydrogen-bond acceptors (Lipinski definition) is 4. The van der Waals surface area contributed by atoms with Gasteiger partial charge in [0.05, 0.1) is 0 Å². The third kappa shape index (κ3) is 3.47. The average Bonchev–Trinajstić information content (AvgIpc) is 2.37. The predicted molar refractivity (Wildman–Crippen MR) is 72.6 cm³/mol. The fraction of sp³-hybridized carbons (Fsp3) is 0.200. The van der Waals surface area contributed by atoms with Crippen LogP contribution in [0, 0.1) is 0 Å². The Labute approximate surface area is 111 Å². The number of methoxy groups -OCH3 is 1. The Hall–Kier alpha value is -2.04. The molecule has 0 amide bonds. The van der Waals surface area contributed by atoms with E-state index >= 15 is 0 Å². The van der Waals surface area contributed by atoms with Crippen LogP contribution < -0.4 is 0 Å². The molecule has 2 rings (SSSR count). The minimum Gasteiger partial charge on any atom is -0.508 e. The monoisotopic (exact) mass is 260 g/mol. The van der Waals surface area contributed by atoms with Gasteiger partial charge >= 0.3 is 0 Å². The summed E-state index contributed by atoms with van der Waals surface area (Å²) in [6, 6.07) is 4.37. The van der Waals surface area contributed by atoms with Gasteiger partial charge in [0.1, 0.15) is 11.5 Å². The van der Waals surface area contributed by atoms with Crippen LogP contribution in [0.2, 0.25) is 0 Å². The largest absolute Gasteiger partial charge is 0.508 e. The molecule has 0 saturated heterocycles. The van der Waals surface area contributed by atoms with Crippen molar-refractivity contribution in [3.05, 3.63) is 53.6 Å². The maximum absolute atomic E-state index is 9.81. The maximum Gasteiger partial charge on any atom is 0.188 e. The summed E-state index contributed by atoms with van der Waals surface area (Å²) >= 11 is 0. The second-order valence-electron chi connectivity index (χ2n) is 4.41. The van der Waals surface area contributed by atoms with Crippen LogP contribution in [0.25, 0.3) is 6.08 Å². The number of hydrogen-bond donors (Lipinski definition) is 3. The molecule has 1 aromatic rings. The van der Waals surface area contributed by atoms with Crippen LogP contribution in [0.4, 0.5) is 0 Å². The van der Waals surface area contributed by atoms with Crippen LogP contribution in [0.3, 0.4) is 0 Å². The minimum atomic E-state index is -1.22. The van der Waals surface area contributed by atoms with Crippen LogP contribution in [0.1, 0.15) is 12.0 Å². The number of phenols is 2. The van der Waals surface area contributed by atoms with Gasteiger partial charge in [-0.25, -0.2) is 0 Å². The summed E-state index contributed by atoms with van der Waals surface area (Å²) in [6.45, 7) is 0. The maximum atomic E-state index is 9.81. The first-order valence-corrected chi connectivity index (χ1v) is 5.89. The molecule has 0 aromatic heterocycles. The van der Waals surface area contributed by atoms with Crippen molar-refractivity contribution in [2.45, 2.75) is 12.2 Å². The van der Waals surface area contributed by atoms with E-state index < -0.39 is 5.79 Å². The molecule has 0 radical (unpaired) electrons. The first-order valence-electron chi connectivity index (χ1n) is 5.89. The number of allylic oxidation sites excluding steroid dienone is 3. The molecule has 4 heteroatoms. The summed E-state index contributed by atoms with van der Waals surface area (Å²) in [5.41, 5.74) is 1.61. The fourth-order valence-corrected chi connectivity index (χ4v) is 1.81. The van der Waals surface area contributed by atoms with Crippen molar-refractivity contribution in [1.82, 2.24) is 0 Å². The Morgan fingerprint density at radius 1 is 1.16 bits per heavy atom. The van der Waals surface area contributed by atoms with Crippen LogP contribution in [-0.4, -0.2) is 28.2 Å². The standard InChI is InChI=1S/C15H16O4/c1-19-15(18)6-4-11(5-7-15)2-3-12-8-13(16)10-14(17)9-12/h2-6,8-10,16-18H,7H2,1H3. The highest BCUT2D eigenvalue weighted by Crippen LogP contribution is 2.24. The molecule has 0 spiro atoms. The van der Waals surface area contributed by atoms with E-state index in [0.29, 0.717) is 12.0 Å². The Bertz CT molecular complexity index is 537. The van der Waals surface area contributed by atoms with Gasteiger partial charge in [-0.1, -0.05) is 24.3 Å². The van der Waals surface area contributed by atoms with Gasteiger partial charge in [0.2, 0.25) is 0 Å². The first kappa shape index (κ1) is 13.4. The zero-order valence-corrected chi connectivity index (χ0v) is 10.6. The summed E-state index contributed by atoms with van der Waals surface area (Å²) in [6.07, 6.45) is 9.18. The van der Waals surface area contributed by atoms with Gasteiger partial charge in [0, 0.05) is 19.6 Å². The third-order valence-corrected chi connectivity index (χ3v) is 2.91. The van der Waals surface area contributed by atoms with Gasteiger partial charge in [0.25, 0.3) is 0 Å². The second-order valence-corrected chi connectivity index (χ2v) is 4.41. The number of phenolic OH excluding ortho intramolecular Hbond substituents is 2. The van der Waals surface area contributed by atoms with E-state index in [2.05, 4.69) is 0 Å². The zero-order chi connectivity index (χ0) is 13.9. The van der Waals surface area contributed by atoms with Crippen molar-refractivity contribution >= 4 is 6.08 Å². The fourth-order valence-electron chi connectivity index (χ4n) is 1.81. The van der Waals surface area contributed by atoms with E-state index in [1.165, 1.54) is 13.2 Å². The van der Waals surface area contributed by atoms with E-state index in [4.69, 9.17) is 4.74 Å². The lowest BCUT2D eigenvalue weighted by atomic mass is 10.0. The van der Waals surface area contributed by atoms with Crippen LogP contribution in [-0.2, 0) is 4.74 Å².